The van der Waals surface area contributed by atoms with Crippen LogP contribution < -0.4 is 19.2 Å². The van der Waals surface area contributed by atoms with Crippen molar-refractivity contribution >= 4 is 63.8 Å². The normalized spacial score (nSPS) is 19.8. The summed E-state index contributed by atoms with van der Waals surface area (Å²) in [6.45, 7) is 0.110. The highest BCUT2D eigenvalue weighted by Crippen LogP contribution is 2.54. The molecule has 3 heterocycles. The molecule has 43 heavy (non-hydrogen) atoms. The monoisotopic (exact) mass is 666 g/mol. The Kier molecular flexibility index (Phi) is 7.74. The fourth-order valence-corrected chi connectivity index (χ4v) is 8.22. The second kappa shape index (κ2) is 11.2. The SMILES string of the molecule is COc1cc(C2c3sc(=O)[nH]c3SC3C(=O)N(c4cccc(C(F)(F)F)c4)C(=O)C32)ccc1OCc1ccc(Cl)cc1Cl. The first-order chi connectivity index (χ1) is 20.5. The van der Waals surface area contributed by atoms with Gasteiger partial charge < -0.3 is 14.5 Å². The van der Waals surface area contributed by atoms with Crippen LogP contribution in [0.2, 0.25) is 10.0 Å². The van der Waals surface area contributed by atoms with Crippen LogP contribution in [0.4, 0.5) is 18.9 Å². The number of thiazole rings is 1. The Morgan fingerprint density at radius 3 is 2.49 bits per heavy atom. The van der Waals surface area contributed by atoms with Crippen molar-refractivity contribution in [1.29, 1.82) is 0 Å². The summed E-state index contributed by atoms with van der Waals surface area (Å²) in [5.41, 5.74) is 0.106. The van der Waals surface area contributed by atoms with Crippen molar-refractivity contribution in [1.82, 2.24) is 4.98 Å². The number of hydrogen-bond donors (Lipinski definition) is 1. The van der Waals surface area contributed by atoms with E-state index < -0.39 is 40.6 Å². The summed E-state index contributed by atoms with van der Waals surface area (Å²) >= 11 is 14.2. The third-order valence-electron chi connectivity index (χ3n) is 7.20. The number of hydrogen-bond acceptors (Lipinski definition) is 7. The molecule has 2 amide bonds. The first-order valence-corrected chi connectivity index (χ1v) is 15.1. The van der Waals surface area contributed by atoms with Crippen molar-refractivity contribution in [3.63, 3.8) is 0 Å². The Hall–Kier alpha value is -3.45. The van der Waals surface area contributed by atoms with Gasteiger partial charge in [0.1, 0.15) is 11.9 Å². The standard InChI is InChI=1S/C29H19Cl2F3N2O5S2/c1-40-20-9-13(6-8-19(20)41-12-14-5-7-16(30)11-18(14)31)21-22-24(42-25-23(21)43-28(39)35-25)27(38)36(26(22)37)17-4-2-3-15(10-17)29(32,33)34/h2-11,21-22,24H,12H2,1H3,(H,35,39). The molecule has 4 aromatic rings. The van der Waals surface area contributed by atoms with Crippen LogP contribution in [0.25, 0.3) is 0 Å². The number of alkyl halides is 3. The van der Waals surface area contributed by atoms with Gasteiger partial charge in [-0.25, -0.2) is 4.90 Å². The number of nitrogens with one attached hydrogen (secondary N) is 1. The molecule has 14 heteroatoms. The van der Waals surface area contributed by atoms with E-state index in [9.17, 15) is 27.6 Å². The number of carbonyl (C=O) groups is 2. The molecule has 7 nitrogen and oxygen atoms in total. The maximum atomic E-state index is 13.9. The quantitative estimate of drug-likeness (QED) is 0.220. The molecule has 0 radical (unpaired) electrons. The lowest BCUT2D eigenvalue weighted by Crippen LogP contribution is -2.32. The van der Waals surface area contributed by atoms with Crippen LogP contribution in [0, 0.1) is 5.92 Å². The van der Waals surface area contributed by atoms with E-state index in [0.29, 0.717) is 42.6 Å². The lowest BCUT2D eigenvalue weighted by Gasteiger charge is -2.30. The molecule has 222 valence electrons. The lowest BCUT2D eigenvalue weighted by atomic mass is 9.83. The molecule has 6 rings (SSSR count). The van der Waals surface area contributed by atoms with Gasteiger partial charge in [0.15, 0.2) is 11.5 Å². The number of benzene rings is 3. The topological polar surface area (TPSA) is 88.7 Å². The molecule has 3 unspecified atom stereocenters. The summed E-state index contributed by atoms with van der Waals surface area (Å²) in [6, 6.07) is 14.1. The van der Waals surface area contributed by atoms with Gasteiger partial charge in [-0.2, -0.15) is 13.2 Å². The molecule has 0 bridgehead atoms. The minimum Gasteiger partial charge on any atom is -0.493 e. The van der Waals surface area contributed by atoms with Crippen molar-refractivity contribution in [2.45, 2.75) is 29.0 Å². The smallest absolute Gasteiger partial charge is 0.416 e. The van der Waals surface area contributed by atoms with Crippen LogP contribution in [-0.4, -0.2) is 29.2 Å². The average molecular weight is 668 g/mol. The molecular formula is C29H19Cl2F3N2O5S2. The number of halogens is 5. The zero-order chi connectivity index (χ0) is 30.6. The zero-order valence-electron chi connectivity index (χ0n) is 21.9. The van der Waals surface area contributed by atoms with E-state index in [1.54, 1.807) is 36.4 Å². The molecule has 2 aliphatic heterocycles. The van der Waals surface area contributed by atoms with E-state index >= 15 is 0 Å². The van der Waals surface area contributed by atoms with Crippen LogP contribution in [0.15, 0.2) is 70.5 Å². The molecule has 0 saturated carbocycles. The van der Waals surface area contributed by atoms with E-state index in [0.717, 1.165) is 46.2 Å². The summed E-state index contributed by atoms with van der Waals surface area (Å²) in [5.74, 6) is -2.36. The van der Waals surface area contributed by atoms with Crippen LogP contribution in [0.3, 0.4) is 0 Å². The number of rotatable bonds is 6. The fourth-order valence-electron chi connectivity index (χ4n) is 5.24. The summed E-state index contributed by atoms with van der Waals surface area (Å²) < 4.78 is 51.8. The summed E-state index contributed by atoms with van der Waals surface area (Å²) in [4.78, 5) is 43.6. The van der Waals surface area contributed by atoms with Crippen molar-refractivity contribution in [2.75, 3.05) is 12.0 Å². The van der Waals surface area contributed by atoms with Crippen LogP contribution in [0.1, 0.15) is 27.5 Å². The Labute approximate surface area is 260 Å². The van der Waals surface area contributed by atoms with Crippen LogP contribution in [-0.2, 0) is 22.4 Å². The minimum absolute atomic E-state index is 0.110. The number of anilines is 1. The predicted molar refractivity (Wildman–Crippen MR) is 158 cm³/mol. The van der Waals surface area contributed by atoms with Crippen molar-refractivity contribution in [3.8, 4) is 11.5 Å². The van der Waals surface area contributed by atoms with Gasteiger partial charge in [0.05, 0.1) is 29.3 Å². The van der Waals surface area contributed by atoms with Gasteiger partial charge in [-0.05, 0) is 48.0 Å². The summed E-state index contributed by atoms with van der Waals surface area (Å²) in [7, 11) is 1.44. The Morgan fingerprint density at radius 2 is 1.77 bits per heavy atom. The molecule has 1 N–H and O–H groups in total. The van der Waals surface area contributed by atoms with Gasteiger partial charge in [0.25, 0.3) is 0 Å². The first-order valence-electron chi connectivity index (χ1n) is 12.7. The highest BCUT2D eigenvalue weighted by atomic mass is 35.5. The molecule has 2 aliphatic rings. The molecule has 0 aliphatic carbocycles. The maximum absolute atomic E-state index is 13.9. The molecule has 1 aromatic heterocycles. The van der Waals surface area contributed by atoms with E-state index in [1.807, 2.05) is 0 Å². The number of ether oxygens (including phenoxy) is 2. The van der Waals surface area contributed by atoms with Crippen LogP contribution in [0.5, 0.6) is 11.5 Å². The fraction of sp³-hybridized carbons (Fsp3) is 0.207. The number of methoxy groups -OCH3 is 1. The zero-order valence-corrected chi connectivity index (χ0v) is 25.1. The van der Waals surface area contributed by atoms with Crippen LogP contribution >= 0.6 is 46.3 Å². The number of imide groups is 1. The van der Waals surface area contributed by atoms with Crippen molar-refractivity contribution in [3.05, 3.63) is 102 Å². The van der Waals surface area contributed by atoms with Crippen molar-refractivity contribution in [2.24, 2.45) is 5.92 Å². The number of aromatic amines is 1. The van der Waals surface area contributed by atoms with E-state index in [1.165, 1.54) is 13.2 Å². The number of thioether (sulfide) groups is 1. The molecule has 0 spiro atoms. The molecule has 3 aromatic carbocycles. The lowest BCUT2D eigenvalue weighted by molar-refractivity contribution is -0.137. The Morgan fingerprint density at radius 1 is 0.977 bits per heavy atom. The van der Waals surface area contributed by atoms with E-state index in [4.69, 9.17) is 32.7 Å². The van der Waals surface area contributed by atoms with Gasteiger partial charge in [0.2, 0.25) is 11.8 Å². The van der Waals surface area contributed by atoms with E-state index in [-0.39, 0.29) is 17.2 Å². The number of H-pyrrole nitrogens is 1. The number of aromatic nitrogens is 1. The summed E-state index contributed by atoms with van der Waals surface area (Å²) in [5, 5.41) is 0.375. The number of nitrogens with zero attached hydrogens (tertiary/aromatic N) is 1. The molecular weight excluding hydrogens is 648 g/mol. The van der Waals surface area contributed by atoms with Gasteiger partial charge in [-0.15, -0.1) is 0 Å². The summed E-state index contributed by atoms with van der Waals surface area (Å²) in [6.07, 6.45) is -4.66. The van der Waals surface area contributed by atoms with Gasteiger partial charge in [-0.3, -0.25) is 14.4 Å². The number of fused-ring (bicyclic) bond motifs is 2. The molecule has 1 saturated heterocycles. The Bertz CT molecular complexity index is 1830. The molecule has 1 fully saturated rings. The minimum atomic E-state index is -4.66. The van der Waals surface area contributed by atoms with Gasteiger partial charge >= 0.3 is 11.0 Å². The number of amides is 2. The third-order valence-corrected chi connectivity index (χ3v) is 10.2. The van der Waals surface area contributed by atoms with Gasteiger partial charge in [0, 0.05) is 26.4 Å². The largest absolute Gasteiger partial charge is 0.493 e. The van der Waals surface area contributed by atoms with Gasteiger partial charge in [-0.1, -0.05) is 64.5 Å². The predicted octanol–water partition coefficient (Wildman–Crippen LogP) is 7.15. The highest BCUT2D eigenvalue weighted by Gasteiger charge is 2.56. The average Bonchev–Trinajstić information content (AvgIpc) is 3.46. The molecule has 3 atom stereocenters. The highest BCUT2D eigenvalue weighted by molar-refractivity contribution is 8.00. The van der Waals surface area contributed by atoms with Crippen molar-refractivity contribution < 1.29 is 32.2 Å². The second-order valence-corrected chi connectivity index (χ2v) is 12.8. The first kappa shape index (κ1) is 29.6. The second-order valence-electron chi connectivity index (χ2n) is 9.74. The van der Waals surface area contributed by atoms with E-state index in [2.05, 4.69) is 4.98 Å². The Balaban J connectivity index is 1.37. The number of carbonyl (C=O) groups excluding carboxylic acids is 2. The maximum Gasteiger partial charge on any atom is 0.416 e. The third kappa shape index (κ3) is 5.41.